The number of hydrogen-bond donors (Lipinski definition) is 2. The highest BCUT2D eigenvalue weighted by Gasteiger charge is 2.20. The Labute approximate surface area is 133 Å². The fourth-order valence-corrected chi connectivity index (χ4v) is 3.19. The molecule has 0 aliphatic carbocycles. The summed E-state index contributed by atoms with van der Waals surface area (Å²) in [5.74, 6) is 1.15. The molecular weight excluding hydrogens is 322 g/mol. The maximum Gasteiger partial charge on any atom is 0.259 e. The van der Waals surface area contributed by atoms with Gasteiger partial charge in [-0.1, -0.05) is 6.07 Å². The number of fused-ring (bicyclic) bond motifs is 1. The van der Waals surface area contributed by atoms with Crippen LogP contribution in [0.2, 0.25) is 0 Å². The molecule has 0 unspecified atom stereocenters. The maximum atomic E-state index is 12.1. The SMILES string of the molecule is Cn1cnc(S(=O)(=O)NC[C@@H](O)c2ccc3c(c2)OCCO3)c1. The van der Waals surface area contributed by atoms with Crippen molar-refractivity contribution in [3.63, 3.8) is 0 Å². The molecule has 0 amide bonds. The van der Waals surface area contributed by atoms with E-state index in [1.807, 2.05) is 0 Å². The standard InChI is InChI=1S/C14H17N3O5S/c1-17-8-14(15-9-17)23(19,20)16-7-11(18)10-2-3-12-13(6-10)22-5-4-21-12/h2-3,6,8-9,11,16,18H,4-5,7H2,1H3/t11-/m1/s1. The fourth-order valence-electron chi connectivity index (χ4n) is 2.18. The predicted octanol–water partition coefficient (Wildman–Crippen LogP) is 0.203. The second kappa shape index (κ2) is 6.19. The van der Waals surface area contributed by atoms with Gasteiger partial charge >= 0.3 is 0 Å². The number of aryl methyl sites for hydroxylation is 1. The first-order valence-corrected chi connectivity index (χ1v) is 8.49. The van der Waals surface area contributed by atoms with Gasteiger partial charge in [-0.05, 0) is 17.7 Å². The van der Waals surface area contributed by atoms with Crippen LogP contribution in [0.4, 0.5) is 0 Å². The molecule has 0 spiro atoms. The molecule has 0 bridgehead atoms. The Hall–Kier alpha value is -2.10. The molecule has 1 aliphatic rings. The number of rotatable bonds is 5. The van der Waals surface area contributed by atoms with Crippen molar-refractivity contribution < 1.29 is 23.0 Å². The van der Waals surface area contributed by atoms with Crippen LogP contribution in [0, 0.1) is 0 Å². The molecule has 1 atom stereocenters. The molecule has 8 nitrogen and oxygen atoms in total. The van der Waals surface area contributed by atoms with Crippen LogP contribution in [0.15, 0.2) is 35.7 Å². The minimum Gasteiger partial charge on any atom is -0.486 e. The van der Waals surface area contributed by atoms with Gasteiger partial charge in [0.05, 0.1) is 12.4 Å². The number of hydrogen-bond acceptors (Lipinski definition) is 6. The monoisotopic (exact) mass is 339 g/mol. The number of nitrogens with one attached hydrogen (secondary N) is 1. The molecule has 1 aliphatic heterocycles. The second-order valence-electron chi connectivity index (χ2n) is 5.15. The van der Waals surface area contributed by atoms with Gasteiger partial charge in [0.25, 0.3) is 10.0 Å². The summed E-state index contributed by atoms with van der Waals surface area (Å²) in [7, 11) is -2.08. The molecule has 9 heteroatoms. The maximum absolute atomic E-state index is 12.1. The van der Waals surface area contributed by atoms with Crippen molar-refractivity contribution in [1.29, 1.82) is 0 Å². The summed E-state index contributed by atoms with van der Waals surface area (Å²) >= 11 is 0. The van der Waals surface area contributed by atoms with E-state index in [1.54, 1.807) is 25.2 Å². The lowest BCUT2D eigenvalue weighted by Gasteiger charge is -2.20. The van der Waals surface area contributed by atoms with Crippen molar-refractivity contribution in [3.05, 3.63) is 36.3 Å². The second-order valence-corrected chi connectivity index (χ2v) is 6.86. The van der Waals surface area contributed by atoms with Gasteiger partial charge in [-0.15, -0.1) is 0 Å². The van der Waals surface area contributed by atoms with Crippen LogP contribution in [0.5, 0.6) is 11.5 Å². The Morgan fingerprint density at radius 3 is 2.78 bits per heavy atom. The van der Waals surface area contributed by atoms with Crippen LogP contribution >= 0.6 is 0 Å². The lowest BCUT2D eigenvalue weighted by molar-refractivity contribution is 0.165. The number of nitrogens with zero attached hydrogens (tertiary/aromatic N) is 2. The Bertz CT molecular complexity index is 802. The quantitative estimate of drug-likeness (QED) is 0.807. The van der Waals surface area contributed by atoms with Gasteiger partial charge in [-0.25, -0.2) is 18.1 Å². The molecule has 124 valence electrons. The minimum absolute atomic E-state index is 0.0885. The van der Waals surface area contributed by atoms with Gasteiger partial charge in [0, 0.05) is 19.8 Å². The summed E-state index contributed by atoms with van der Waals surface area (Å²) < 4.78 is 38.9. The van der Waals surface area contributed by atoms with Crippen molar-refractivity contribution in [2.45, 2.75) is 11.1 Å². The van der Waals surface area contributed by atoms with Crippen LogP contribution in [-0.2, 0) is 17.1 Å². The van der Waals surface area contributed by atoms with Crippen molar-refractivity contribution in [1.82, 2.24) is 14.3 Å². The molecule has 0 fully saturated rings. The first-order valence-electron chi connectivity index (χ1n) is 7.01. The van der Waals surface area contributed by atoms with E-state index in [0.29, 0.717) is 30.3 Å². The molecule has 2 heterocycles. The molecular formula is C14H17N3O5S. The number of ether oxygens (including phenoxy) is 2. The largest absolute Gasteiger partial charge is 0.486 e. The third-order valence-electron chi connectivity index (χ3n) is 3.37. The molecule has 3 rings (SSSR count). The van der Waals surface area contributed by atoms with E-state index in [1.165, 1.54) is 17.1 Å². The fraction of sp³-hybridized carbons (Fsp3) is 0.357. The van der Waals surface area contributed by atoms with E-state index in [-0.39, 0.29) is 11.6 Å². The number of benzene rings is 1. The summed E-state index contributed by atoms with van der Waals surface area (Å²) in [5, 5.41) is 10.1. The summed E-state index contributed by atoms with van der Waals surface area (Å²) in [6, 6.07) is 5.02. The molecule has 0 saturated heterocycles. The van der Waals surface area contributed by atoms with Gasteiger partial charge < -0.3 is 19.1 Å². The van der Waals surface area contributed by atoms with Gasteiger partial charge in [0.2, 0.25) is 0 Å². The zero-order valence-corrected chi connectivity index (χ0v) is 13.3. The van der Waals surface area contributed by atoms with Crippen molar-refractivity contribution >= 4 is 10.0 Å². The highest BCUT2D eigenvalue weighted by Crippen LogP contribution is 2.32. The van der Waals surface area contributed by atoms with Gasteiger partial charge in [-0.3, -0.25) is 0 Å². The highest BCUT2D eigenvalue weighted by atomic mass is 32.2. The van der Waals surface area contributed by atoms with Crippen LogP contribution in [-0.4, -0.2) is 42.8 Å². The van der Waals surface area contributed by atoms with Crippen molar-refractivity contribution in [3.8, 4) is 11.5 Å². The topological polar surface area (TPSA) is 103 Å². The normalized spacial score (nSPS) is 15.4. The smallest absolute Gasteiger partial charge is 0.259 e. The average Bonchev–Trinajstić information content (AvgIpc) is 2.99. The summed E-state index contributed by atoms with van der Waals surface area (Å²) in [6.45, 7) is 0.760. The predicted molar refractivity (Wildman–Crippen MR) is 80.8 cm³/mol. The number of sulfonamides is 1. The van der Waals surface area contributed by atoms with E-state index in [2.05, 4.69) is 9.71 Å². The van der Waals surface area contributed by atoms with Crippen molar-refractivity contribution in [2.75, 3.05) is 19.8 Å². The minimum atomic E-state index is -3.76. The first kappa shape index (κ1) is 15.8. The Morgan fingerprint density at radius 1 is 1.35 bits per heavy atom. The van der Waals surface area contributed by atoms with Crippen molar-refractivity contribution in [2.24, 2.45) is 7.05 Å². The lowest BCUT2D eigenvalue weighted by atomic mass is 10.1. The van der Waals surface area contributed by atoms with Gasteiger partial charge in [0.1, 0.15) is 13.2 Å². The van der Waals surface area contributed by atoms with E-state index in [9.17, 15) is 13.5 Å². The summed E-state index contributed by atoms with van der Waals surface area (Å²) in [4.78, 5) is 3.79. The van der Waals surface area contributed by atoms with Gasteiger partial charge in [-0.2, -0.15) is 0 Å². The number of aliphatic hydroxyl groups is 1. The Morgan fingerprint density at radius 2 is 2.09 bits per heavy atom. The third-order valence-corrected chi connectivity index (χ3v) is 4.68. The molecule has 0 radical (unpaired) electrons. The summed E-state index contributed by atoms with van der Waals surface area (Å²) in [6.07, 6.45) is 1.77. The Kier molecular flexibility index (Phi) is 4.24. The van der Waals surface area contributed by atoms with E-state index in [0.717, 1.165) is 0 Å². The van der Waals surface area contributed by atoms with Crippen LogP contribution in [0.25, 0.3) is 0 Å². The molecule has 2 N–H and O–H groups in total. The van der Waals surface area contributed by atoms with Crippen LogP contribution < -0.4 is 14.2 Å². The average molecular weight is 339 g/mol. The van der Waals surface area contributed by atoms with Gasteiger partial charge in [0.15, 0.2) is 16.5 Å². The molecule has 1 aromatic carbocycles. The number of aliphatic hydroxyl groups excluding tert-OH is 1. The zero-order chi connectivity index (χ0) is 16.4. The lowest BCUT2D eigenvalue weighted by Crippen LogP contribution is -2.29. The molecule has 2 aromatic rings. The molecule has 23 heavy (non-hydrogen) atoms. The van der Waals surface area contributed by atoms with Crippen LogP contribution in [0.1, 0.15) is 11.7 Å². The number of imidazole rings is 1. The third kappa shape index (κ3) is 3.46. The molecule has 0 saturated carbocycles. The number of aromatic nitrogens is 2. The molecule has 1 aromatic heterocycles. The highest BCUT2D eigenvalue weighted by molar-refractivity contribution is 7.89. The van der Waals surface area contributed by atoms with E-state index < -0.39 is 16.1 Å². The van der Waals surface area contributed by atoms with E-state index >= 15 is 0 Å². The van der Waals surface area contributed by atoms with Crippen LogP contribution in [0.3, 0.4) is 0 Å². The Balaban J connectivity index is 1.68. The first-order chi connectivity index (χ1) is 11.0. The zero-order valence-electron chi connectivity index (χ0n) is 12.5. The summed E-state index contributed by atoms with van der Waals surface area (Å²) in [5.41, 5.74) is 0.540. The van der Waals surface area contributed by atoms with E-state index in [4.69, 9.17) is 9.47 Å².